The SMILES string of the molecule is CCNC(=NCc1cccnc1N(C)C)N1CCC(CC(=O)NC)CC1. The van der Waals surface area contributed by atoms with Crippen molar-refractivity contribution in [2.75, 3.05) is 45.7 Å². The van der Waals surface area contributed by atoms with Crippen LogP contribution in [-0.4, -0.2) is 62.5 Å². The predicted molar refractivity (Wildman–Crippen MR) is 106 cm³/mol. The molecule has 1 aliphatic rings. The molecule has 2 heterocycles. The number of amides is 1. The van der Waals surface area contributed by atoms with Gasteiger partial charge in [0.25, 0.3) is 0 Å². The Morgan fingerprint density at radius 1 is 1.38 bits per heavy atom. The summed E-state index contributed by atoms with van der Waals surface area (Å²) in [5.41, 5.74) is 1.11. The lowest BCUT2D eigenvalue weighted by molar-refractivity contribution is -0.121. The van der Waals surface area contributed by atoms with E-state index in [0.29, 0.717) is 18.9 Å². The standard InChI is InChI=1S/C19H32N6O/c1-5-21-19(23-14-16-7-6-10-22-18(16)24(3)4)25-11-8-15(9-12-25)13-17(26)20-2/h6-7,10,15H,5,8-9,11-14H2,1-4H3,(H,20,26)(H,21,23). The van der Waals surface area contributed by atoms with Crippen molar-refractivity contribution in [2.45, 2.75) is 32.7 Å². The molecule has 0 unspecified atom stereocenters. The molecule has 0 saturated carbocycles. The minimum absolute atomic E-state index is 0.136. The van der Waals surface area contributed by atoms with E-state index in [2.05, 4.69) is 33.5 Å². The fraction of sp³-hybridized carbons (Fsp3) is 0.632. The number of carbonyl (C=O) groups excluding carboxylic acids is 1. The van der Waals surface area contributed by atoms with Gasteiger partial charge in [-0.25, -0.2) is 9.98 Å². The molecule has 7 nitrogen and oxygen atoms in total. The zero-order valence-electron chi connectivity index (χ0n) is 16.5. The van der Waals surface area contributed by atoms with E-state index in [1.807, 2.05) is 31.3 Å². The smallest absolute Gasteiger partial charge is 0.220 e. The molecular formula is C19H32N6O. The quantitative estimate of drug-likeness (QED) is 0.594. The molecular weight excluding hydrogens is 328 g/mol. The van der Waals surface area contributed by atoms with Gasteiger partial charge in [0.05, 0.1) is 6.54 Å². The first-order chi connectivity index (χ1) is 12.5. The summed E-state index contributed by atoms with van der Waals surface area (Å²) in [6, 6.07) is 4.03. The van der Waals surface area contributed by atoms with E-state index >= 15 is 0 Å². The molecule has 1 aromatic heterocycles. The van der Waals surface area contributed by atoms with Crippen molar-refractivity contribution in [3.05, 3.63) is 23.9 Å². The van der Waals surface area contributed by atoms with E-state index in [-0.39, 0.29) is 5.91 Å². The molecule has 1 aliphatic heterocycles. The second-order valence-corrected chi connectivity index (χ2v) is 6.86. The largest absolute Gasteiger partial charge is 0.362 e. The van der Waals surface area contributed by atoms with E-state index in [9.17, 15) is 4.79 Å². The number of aromatic nitrogens is 1. The lowest BCUT2D eigenvalue weighted by Gasteiger charge is -2.34. The van der Waals surface area contributed by atoms with E-state index in [0.717, 1.165) is 49.8 Å². The average Bonchev–Trinajstić information content (AvgIpc) is 2.66. The third-order valence-electron chi connectivity index (χ3n) is 4.69. The van der Waals surface area contributed by atoms with E-state index in [4.69, 9.17) is 4.99 Å². The molecule has 7 heteroatoms. The number of pyridine rings is 1. The van der Waals surface area contributed by atoms with Crippen LogP contribution >= 0.6 is 0 Å². The zero-order valence-corrected chi connectivity index (χ0v) is 16.5. The molecule has 0 aromatic carbocycles. The van der Waals surface area contributed by atoms with Crippen LogP contribution in [0.2, 0.25) is 0 Å². The molecule has 0 radical (unpaired) electrons. The van der Waals surface area contributed by atoms with Crippen LogP contribution in [0, 0.1) is 5.92 Å². The molecule has 0 aliphatic carbocycles. The molecule has 0 atom stereocenters. The molecule has 1 aromatic rings. The highest BCUT2D eigenvalue weighted by atomic mass is 16.1. The number of hydrogen-bond acceptors (Lipinski definition) is 4. The molecule has 1 fully saturated rings. The Morgan fingerprint density at radius 2 is 2.12 bits per heavy atom. The Bertz CT molecular complexity index is 608. The summed E-state index contributed by atoms with van der Waals surface area (Å²) < 4.78 is 0. The summed E-state index contributed by atoms with van der Waals surface area (Å²) in [6.07, 6.45) is 4.48. The minimum Gasteiger partial charge on any atom is -0.362 e. The zero-order chi connectivity index (χ0) is 18.9. The van der Waals surface area contributed by atoms with Crippen molar-refractivity contribution in [1.82, 2.24) is 20.5 Å². The van der Waals surface area contributed by atoms with Crippen LogP contribution in [0.15, 0.2) is 23.3 Å². The summed E-state index contributed by atoms with van der Waals surface area (Å²) in [5.74, 6) is 2.50. The van der Waals surface area contributed by atoms with Crippen LogP contribution < -0.4 is 15.5 Å². The Kier molecular flexibility index (Phi) is 7.69. The first kappa shape index (κ1) is 20.0. The van der Waals surface area contributed by atoms with Crippen LogP contribution in [0.25, 0.3) is 0 Å². The van der Waals surface area contributed by atoms with E-state index in [1.54, 1.807) is 7.05 Å². The highest BCUT2D eigenvalue weighted by Gasteiger charge is 2.23. The van der Waals surface area contributed by atoms with Crippen molar-refractivity contribution in [3.8, 4) is 0 Å². The van der Waals surface area contributed by atoms with Gasteiger partial charge >= 0.3 is 0 Å². The maximum Gasteiger partial charge on any atom is 0.220 e. The number of anilines is 1. The van der Waals surface area contributed by atoms with Gasteiger partial charge in [-0.2, -0.15) is 0 Å². The molecule has 0 spiro atoms. The van der Waals surface area contributed by atoms with Gasteiger partial charge in [0.2, 0.25) is 5.91 Å². The molecule has 144 valence electrons. The van der Waals surface area contributed by atoms with E-state index in [1.165, 1.54) is 0 Å². The van der Waals surface area contributed by atoms with Gasteiger partial charge in [0, 0.05) is 59.0 Å². The van der Waals surface area contributed by atoms with Gasteiger partial charge in [-0.3, -0.25) is 4.79 Å². The summed E-state index contributed by atoms with van der Waals surface area (Å²) in [7, 11) is 5.70. The lowest BCUT2D eigenvalue weighted by Crippen LogP contribution is -2.46. The summed E-state index contributed by atoms with van der Waals surface area (Å²) in [6.45, 7) is 5.39. The highest BCUT2D eigenvalue weighted by Crippen LogP contribution is 2.21. The Hall–Kier alpha value is -2.31. The predicted octanol–water partition coefficient (Wildman–Crippen LogP) is 1.46. The van der Waals surface area contributed by atoms with E-state index < -0.39 is 0 Å². The van der Waals surface area contributed by atoms with Crippen LogP contribution in [0.5, 0.6) is 0 Å². The Morgan fingerprint density at radius 3 is 2.73 bits per heavy atom. The fourth-order valence-corrected chi connectivity index (χ4v) is 3.26. The maximum atomic E-state index is 11.6. The molecule has 0 bridgehead atoms. The van der Waals surface area contributed by atoms with Gasteiger partial charge in [0.1, 0.15) is 5.82 Å². The summed E-state index contributed by atoms with van der Waals surface area (Å²) in [4.78, 5) is 25.2. The summed E-state index contributed by atoms with van der Waals surface area (Å²) in [5, 5.41) is 6.12. The Labute approximate surface area is 156 Å². The van der Waals surface area contributed by atoms with Gasteiger partial charge in [-0.15, -0.1) is 0 Å². The summed E-state index contributed by atoms with van der Waals surface area (Å²) >= 11 is 0. The third-order valence-corrected chi connectivity index (χ3v) is 4.69. The van der Waals surface area contributed by atoms with Crippen molar-refractivity contribution < 1.29 is 4.79 Å². The van der Waals surface area contributed by atoms with Crippen molar-refractivity contribution >= 4 is 17.7 Å². The lowest BCUT2D eigenvalue weighted by atomic mass is 9.93. The Balaban J connectivity index is 2.01. The van der Waals surface area contributed by atoms with Crippen molar-refractivity contribution in [1.29, 1.82) is 0 Å². The normalized spacial score (nSPS) is 15.7. The second kappa shape index (κ2) is 9.99. The number of rotatable bonds is 6. The van der Waals surface area contributed by atoms with Crippen LogP contribution in [-0.2, 0) is 11.3 Å². The molecule has 1 saturated heterocycles. The number of piperidine rings is 1. The van der Waals surface area contributed by atoms with Crippen LogP contribution in [0.3, 0.4) is 0 Å². The highest BCUT2D eigenvalue weighted by molar-refractivity contribution is 5.80. The van der Waals surface area contributed by atoms with Gasteiger partial charge in [0.15, 0.2) is 5.96 Å². The molecule has 26 heavy (non-hydrogen) atoms. The number of nitrogens with zero attached hydrogens (tertiary/aromatic N) is 4. The minimum atomic E-state index is 0.136. The average molecular weight is 361 g/mol. The second-order valence-electron chi connectivity index (χ2n) is 6.86. The molecule has 1 amide bonds. The first-order valence-electron chi connectivity index (χ1n) is 9.40. The molecule has 2 N–H and O–H groups in total. The number of nitrogens with one attached hydrogen (secondary N) is 2. The van der Waals surface area contributed by atoms with Gasteiger partial charge in [-0.1, -0.05) is 6.07 Å². The van der Waals surface area contributed by atoms with Crippen molar-refractivity contribution in [2.24, 2.45) is 10.9 Å². The third kappa shape index (κ3) is 5.61. The maximum absolute atomic E-state index is 11.6. The van der Waals surface area contributed by atoms with Gasteiger partial charge in [-0.05, 0) is 31.7 Å². The number of guanidine groups is 1. The molecule has 2 rings (SSSR count). The van der Waals surface area contributed by atoms with Crippen LogP contribution in [0.4, 0.5) is 5.82 Å². The first-order valence-corrected chi connectivity index (χ1v) is 9.40. The topological polar surface area (TPSA) is 72.9 Å². The van der Waals surface area contributed by atoms with Gasteiger partial charge < -0.3 is 20.4 Å². The number of likely N-dealkylation sites (tertiary alicyclic amines) is 1. The number of aliphatic imine (C=N–C) groups is 1. The number of carbonyl (C=O) groups is 1. The van der Waals surface area contributed by atoms with Crippen LogP contribution in [0.1, 0.15) is 31.7 Å². The monoisotopic (exact) mass is 360 g/mol. The van der Waals surface area contributed by atoms with Crippen molar-refractivity contribution in [3.63, 3.8) is 0 Å². The number of hydrogen-bond donors (Lipinski definition) is 2. The fourth-order valence-electron chi connectivity index (χ4n) is 3.26.